The predicted molar refractivity (Wildman–Crippen MR) is 69.5 cm³/mol. The Bertz CT molecular complexity index is 137. The second-order valence-electron chi connectivity index (χ2n) is 4.86. The minimum absolute atomic E-state index is 0.300. The topological polar surface area (TPSA) is 40.5 Å². The van der Waals surface area contributed by atoms with Gasteiger partial charge in [-0.2, -0.15) is 0 Å². The smallest absolute Gasteiger partial charge is 0.0564 e. The molecule has 0 saturated carbocycles. The largest absolute Gasteiger partial charge is 0.393 e. The van der Waals surface area contributed by atoms with Crippen molar-refractivity contribution >= 4 is 0 Å². The molecule has 2 atom stereocenters. The zero-order valence-electron chi connectivity index (χ0n) is 11.1. The van der Waals surface area contributed by atoms with Gasteiger partial charge in [0.15, 0.2) is 0 Å². The van der Waals surface area contributed by atoms with Crippen LogP contribution in [0.4, 0.5) is 0 Å². The average molecular weight is 230 g/mol. The fourth-order valence-corrected chi connectivity index (χ4v) is 1.94. The van der Waals surface area contributed by atoms with E-state index in [0.717, 1.165) is 19.3 Å². The Morgan fingerprint density at radius 1 is 0.750 bits per heavy atom. The summed E-state index contributed by atoms with van der Waals surface area (Å²) >= 11 is 0. The zero-order chi connectivity index (χ0) is 12.2. The fourth-order valence-electron chi connectivity index (χ4n) is 1.94. The summed E-state index contributed by atoms with van der Waals surface area (Å²) in [7, 11) is 0. The van der Waals surface area contributed by atoms with Crippen molar-refractivity contribution in [2.45, 2.75) is 90.3 Å². The van der Waals surface area contributed by atoms with Crippen LogP contribution in [0.3, 0.4) is 0 Å². The number of rotatable bonds is 11. The van der Waals surface area contributed by atoms with Gasteiger partial charge in [-0.25, -0.2) is 0 Å². The highest BCUT2D eigenvalue weighted by Gasteiger charge is 2.09. The normalized spacial score (nSPS) is 15.0. The van der Waals surface area contributed by atoms with Crippen molar-refractivity contribution in [3.05, 3.63) is 0 Å². The summed E-state index contributed by atoms with van der Waals surface area (Å²) in [6, 6.07) is 0. The summed E-state index contributed by atoms with van der Waals surface area (Å²) in [4.78, 5) is 0. The standard InChI is InChI=1S/C14H30O2/c1-3-5-6-7-8-9-10-11-14(16)12-13(15)4-2/h13-16H,3-12H2,1-2H3. The molecule has 0 heterocycles. The maximum atomic E-state index is 9.63. The van der Waals surface area contributed by atoms with Crippen LogP contribution >= 0.6 is 0 Å². The summed E-state index contributed by atoms with van der Waals surface area (Å²) in [5.41, 5.74) is 0. The third-order valence-electron chi connectivity index (χ3n) is 3.16. The van der Waals surface area contributed by atoms with Crippen LogP contribution in [0.1, 0.15) is 78.1 Å². The van der Waals surface area contributed by atoms with E-state index < -0.39 is 0 Å². The Balaban J connectivity index is 3.18. The summed E-state index contributed by atoms with van der Waals surface area (Å²) < 4.78 is 0. The molecular weight excluding hydrogens is 200 g/mol. The van der Waals surface area contributed by atoms with Gasteiger partial charge in [0.25, 0.3) is 0 Å². The molecule has 0 saturated heterocycles. The van der Waals surface area contributed by atoms with E-state index in [4.69, 9.17) is 0 Å². The first-order chi connectivity index (χ1) is 7.70. The Morgan fingerprint density at radius 3 is 1.88 bits per heavy atom. The minimum Gasteiger partial charge on any atom is -0.393 e. The molecule has 0 bridgehead atoms. The molecule has 0 radical (unpaired) electrons. The minimum atomic E-state index is -0.320. The third kappa shape index (κ3) is 10.4. The summed E-state index contributed by atoms with van der Waals surface area (Å²) in [5.74, 6) is 0. The van der Waals surface area contributed by atoms with Crippen LogP contribution in [0, 0.1) is 0 Å². The van der Waals surface area contributed by atoms with E-state index in [1.54, 1.807) is 0 Å². The lowest BCUT2D eigenvalue weighted by Crippen LogP contribution is -2.16. The molecule has 0 fully saturated rings. The molecular formula is C14H30O2. The second-order valence-corrected chi connectivity index (χ2v) is 4.86. The summed E-state index contributed by atoms with van der Waals surface area (Å²) in [6.45, 7) is 4.18. The molecule has 0 aromatic rings. The average Bonchev–Trinajstić information content (AvgIpc) is 2.27. The van der Waals surface area contributed by atoms with E-state index in [-0.39, 0.29) is 12.2 Å². The molecule has 2 N–H and O–H groups in total. The van der Waals surface area contributed by atoms with Gasteiger partial charge in [-0.3, -0.25) is 0 Å². The van der Waals surface area contributed by atoms with E-state index in [1.807, 2.05) is 6.92 Å². The van der Waals surface area contributed by atoms with Gasteiger partial charge < -0.3 is 10.2 Å². The number of aliphatic hydroxyl groups excluding tert-OH is 2. The molecule has 0 aromatic heterocycles. The van der Waals surface area contributed by atoms with E-state index in [2.05, 4.69) is 6.92 Å². The van der Waals surface area contributed by atoms with Gasteiger partial charge in [-0.1, -0.05) is 58.8 Å². The zero-order valence-corrected chi connectivity index (χ0v) is 11.1. The second kappa shape index (κ2) is 11.4. The van der Waals surface area contributed by atoms with Crippen molar-refractivity contribution < 1.29 is 10.2 Å². The molecule has 0 amide bonds. The molecule has 2 heteroatoms. The number of aliphatic hydroxyl groups is 2. The van der Waals surface area contributed by atoms with Crippen molar-refractivity contribution in [3.63, 3.8) is 0 Å². The maximum absolute atomic E-state index is 9.63. The first-order valence-corrected chi connectivity index (χ1v) is 7.06. The first-order valence-electron chi connectivity index (χ1n) is 7.06. The first kappa shape index (κ1) is 15.9. The van der Waals surface area contributed by atoms with Crippen LogP contribution in [-0.4, -0.2) is 22.4 Å². The van der Waals surface area contributed by atoms with Crippen LogP contribution in [0.2, 0.25) is 0 Å². The van der Waals surface area contributed by atoms with Gasteiger partial charge in [0, 0.05) is 0 Å². The summed E-state index contributed by atoms with van der Waals surface area (Å²) in [6.07, 6.45) is 10.5. The molecule has 0 spiro atoms. The third-order valence-corrected chi connectivity index (χ3v) is 3.16. The van der Waals surface area contributed by atoms with E-state index >= 15 is 0 Å². The molecule has 0 aliphatic carbocycles. The molecule has 2 nitrogen and oxygen atoms in total. The van der Waals surface area contributed by atoms with E-state index in [9.17, 15) is 10.2 Å². The molecule has 0 aromatic carbocycles. The highest BCUT2D eigenvalue weighted by molar-refractivity contribution is 4.62. The molecule has 2 unspecified atom stereocenters. The Morgan fingerprint density at radius 2 is 1.31 bits per heavy atom. The van der Waals surface area contributed by atoms with Crippen LogP contribution in [0.15, 0.2) is 0 Å². The number of unbranched alkanes of at least 4 members (excludes halogenated alkanes) is 6. The Kier molecular flexibility index (Phi) is 11.3. The van der Waals surface area contributed by atoms with Gasteiger partial charge in [0.05, 0.1) is 12.2 Å². The lowest BCUT2D eigenvalue weighted by molar-refractivity contribution is 0.0721. The van der Waals surface area contributed by atoms with Crippen LogP contribution in [0.25, 0.3) is 0 Å². The van der Waals surface area contributed by atoms with Gasteiger partial charge in [0.1, 0.15) is 0 Å². The highest BCUT2D eigenvalue weighted by atomic mass is 16.3. The monoisotopic (exact) mass is 230 g/mol. The molecule has 0 rings (SSSR count). The Labute approximate surface area is 101 Å². The predicted octanol–water partition coefficient (Wildman–Crippen LogP) is 3.65. The fraction of sp³-hybridized carbons (Fsp3) is 1.00. The SMILES string of the molecule is CCCCCCCCCC(O)CC(O)CC. The highest BCUT2D eigenvalue weighted by Crippen LogP contribution is 2.12. The quantitative estimate of drug-likeness (QED) is 0.532. The van der Waals surface area contributed by atoms with Gasteiger partial charge in [-0.05, 0) is 19.3 Å². The van der Waals surface area contributed by atoms with E-state index in [1.165, 1.54) is 38.5 Å². The molecule has 0 aliphatic rings. The maximum Gasteiger partial charge on any atom is 0.0564 e. The summed E-state index contributed by atoms with van der Waals surface area (Å²) in [5, 5.41) is 19.0. The van der Waals surface area contributed by atoms with Gasteiger partial charge in [-0.15, -0.1) is 0 Å². The number of hydrogen-bond acceptors (Lipinski definition) is 2. The van der Waals surface area contributed by atoms with Gasteiger partial charge >= 0.3 is 0 Å². The molecule has 0 aliphatic heterocycles. The van der Waals surface area contributed by atoms with E-state index in [0.29, 0.717) is 6.42 Å². The van der Waals surface area contributed by atoms with Crippen LogP contribution < -0.4 is 0 Å². The van der Waals surface area contributed by atoms with Crippen LogP contribution in [0.5, 0.6) is 0 Å². The van der Waals surface area contributed by atoms with Crippen molar-refractivity contribution in [1.29, 1.82) is 0 Å². The van der Waals surface area contributed by atoms with Crippen molar-refractivity contribution in [1.82, 2.24) is 0 Å². The molecule has 98 valence electrons. The van der Waals surface area contributed by atoms with Gasteiger partial charge in [0.2, 0.25) is 0 Å². The lowest BCUT2D eigenvalue weighted by Gasteiger charge is -2.13. The lowest BCUT2D eigenvalue weighted by atomic mass is 10.0. The Hall–Kier alpha value is -0.0800. The van der Waals surface area contributed by atoms with Crippen molar-refractivity contribution in [2.75, 3.05) is 0 Å². The number of hydrogen-bond donors (Lipinski definition) is 2. The van der Waals surface area contributed by atoms with Crippen molar-refractivity contribution in [3.8, 4) is 0 Å². The van der Waals surface area contributed by atoms with Crippen molar-refractivity contribution in [2.24, 2.45) is 0 Å². The molecule has 16 heavy (non-hydrogen) atoms. The van der Waals surface area contributed by atoms with Crippen LogP contribution in [-0.2, 0) is 0 Å².